The minimum Gasteiger partial charge on any atom is -0.494 e. The zero-order valence-electron chi connectivity index (χ0n) is 23.1. The molecule has 3 aromatic carbocycles. The van der Waals surface area contributed by atoms with Gasteiger partial charge in [0.05, 0.1) is 34.3 Å². The molecule has 0 spiro atoms. The van der Waals surface area contributed by atoms with Crippen LogP contribution in [0.5, 0.6) is 5.75 Å². The Bertz CT molecular complexity index is 1220. The van der Waals surface area contributed by atoms with Crippen molar-refractivity contribution < 1.29 is 28.7 Å². The number of benzene rings is 3. The third-order valence-electron chi connectivity index (χ3n) is 7.04. The van der Waals surface area contributed by atoms with Gasteiger partial charge in [0.25, 0.3) is 0 Å². The maximum Gasteiger partial charge on any atom is 0.407 e. The van der Waals surface area contributed by atoms with E-state index in [0.717, 1.165) is 57.4 Å². The van der Waals surface area contributed by atoms with Gasteiger partial charge in [0.15, 0.2) is 0 Å². The van der Waals surface area contributed by atoms with Crippen LogP contribution in [-0.4, -0.2) is 68.6 Å². The standard InChI is InChI=1S/C32H38N2O5/c1-34(2,3)19-9-4-10-20-38-24-17-15-23(16-18-24)21-30(31(35)36)33-32(37)39-22-29-27-13-7-5-11-25(27)26-12-6-8-14-28(26)29/h5-8,11-18,29-30H,4,9-10,19-22H2,1-3H3,(H-,33,35,36,37)/p+1. The van der Waals surface area contributed by atoms with Crippen LogP contribution in [0, 0.1) is 0 Å². The smallest absolute Gasteiger partial charge is 0.407 e. The Morgan fingerprint density at radius 1 is 0.872 bits per heavy atom. The monoisotopic (exact) mass is 531 g/mol. The molecule has 0 aromatic heterocycles. The van der Waals surface area contributed by atoms with Gasteiger partial charge in [-0.25, -0.2) is 9.59 Å². The Morgan fingerprint density at radius 3 is 2.08 bits per heavy atom. The lowest BCUT2D eigenvalue weighted by Gasteiger charge is -2.23. The van der Waals surface area contributed by atoms with Gasteiger partial charge in [-0.3, -0.25) is 0 Å². The Morgan fingerprint density at radius 2 is 1.49 bits per heavy atom. The molecule has 0 heterocycles. The number of carbonyl (C=O) groups is 2. The summed E-state index contributed by atoms with van der Waals surface area (Å²) in [6.45, 7) is 1.93. The predicted octanol–water partition coefficient (Wildman–Crippen LogP) is 5.48. The second-order valence-corrected chi connectivity index (χ2v) is 11.1. The van der Waals surface area contributed by atoms with Crippen molar-refractivity contribution in [1.29, 1.82) is 0 Å². The van der Waals surface area contributed by atoms with Crippen molar-refractivity contribution >= 4 is 12.1 Å². The summed E-state index contributed by atoms with van der Waals surface area (Å²) < 4.78 is 12.3. The summed E-state index contributed by atoms with van der Waals surface area (Å²) in [5, 5.41) is 12.2. The number of unbranched alkanes of at least 4 members (excludes halogenated alkanes) is 2. The molecular weight excluding hydrogens is 492 g/mol. The summed E-state index contributed by atoms with van der Waals surface area (Å²) in [4.78, 5) is 24.5. The maximum absolute atomic E-state index is 12.6. The molecule has 2 N–H and O–H groups in total. The number of quaternary nitrogens is 1. The van der Waals surface area contributed by atoms with Gasteiger partial charge in [-0.1, -0.05) is 60.7 Å². The minimum atomic E-state index is -1.11. The number of hydrogen-bond acceptors (Lipinski definition) is 4. The first-order chi connectivity index (χ1) is 18.7. The summed E-state index contributed by atoms with van der Waals surface area (Å²) in [5.74, 6) is -0.448. The third kappa shape index (κ3) is 7.83. The number of fused-ring (bicyclic) bond motifs is 3. The lowest BCUT2D eigenvalue weighted by Crippen LogP contribution is -2.42. The highest BCUT2D eigenvalue weighted by Crippen LogP contribution is 2.44. The van der Waals surface area contributed by atoms with Gasteiger partial charge in [-0.15, -0.1) is 0 Å². The Kier molecular flexibility index (Phi) is 9.25. The zero-order chi connectivity index (χ0) is 27.8. The molecule has 7 nitrogen and oxygen atoms in total. The molecule has 0 bridgehead atoms. The van der Waals surface area contributed by atoms with E-state index in [4.69, 9.17) is 9.47 Å². The van der Waals surface area contributed by atoms with Crippen LogP contribution in [-0.2, 0) is 16.0 Å². The summed E-state index contributed by atoms with van der Waals surface area (Å²) in [5.41, 5.74) is 5.27. The molecule has 1 aliphatic carbocycles. The van der Waals surface area contributed by atoms with Crippen LogP contribution in [0.1, 0.15) is 41.9 Å². The number of hydrogen-bond donors (Lipinski definition) is 2. The molecule has 0 saturated carbocycles. The largest absolute Gasteiger partial charge is 0.494 e. The van der Waals surface area contributed by atoms with Gasteiger partial charge in [-0.2, -0.15) is 0 Å². The van der Waals surface area contributed by atoms with E-state index < -0.39 is 18.1 Å². The van der Waals surface area contributed by atoms with Crippen molar-refractivity contribution in [1.82, 2.24) is 5.32 Å². The summed E-state index contributed by atoms with van der Waals surface area (Å²) in [6.07, 6.45) is 2.68. The number of aliphatic carboxylic acids is 1. The first-order valence-corrected chi connectivity index (χ1v) is 13.6. The number of nitrogens with one attached hydrogen (secondary N) is 1. The molecule has 206 valence electrons. The van der Waals surface area contributed by atoms with Crippen LogP contribution in [0.4, 0.5) is 4.79 Å². The third-order valence-corrected chi connectivity index (χ3v) is 7.04. The quantitative estimate of drug-likeness (QED) is 0.226. The molecule has 1 amide bonds. The van der Waals surface area contributed by atoms with E-state index in [1.165, 1.54) is 6.42 Å². The first-order valence-electron chi connectivity index (χ1n) is 13.6. The second-order valence-electron chi connectivity index (χ2n) is 11.1. The van der Waals surface area contributed by atoms with Crippen molar-refractivity contribution in [2.75, 3.05) is 40.9 Å². The number of carboxylic acid groups (broad SMARTS) is 1. The predicted molar refractivity (Wildman–Crippen MR) is 152 cm³/mol. The number of ether oxygens (including phenoxy) is 2. The molecule has 0 fully saturated rings. The van der Waals surface area contributed by atoms with Crippen molar-refractivity contribution in [3.8, 4) is 16.9 Å². The number of nitrogens with zero attached hydrogens (tertiary/aromatic N) is 1. The molecule has 1 aliphatic rings. The van der Waals surface area contributed by atoms with Gasteiger partial charge in [0, 0.05) is 12.3 Å². The van der Waals surface area contributed by atoms with Crippen molar-refractivity contribution in [2.45, 2.75) is 37.6 Å². The van der Waals surface area contributed by atoms with Crippen LogP contribution < -0.4 is 10.1 Å². The molecule has 3 aromatic rings. The molecule has 0 aliphatic heterocycles. The molecular formula is C32H39N2O5+. The lowest BCUT2D eigenvalue weighted by molar-refractivity contribution is -0.870. The van der Waals surface area contributed by atoms with E-state index in [2.05, 4.69) is 38.6 Å². The minimum absolute atomic E-state index is 0.0865. The van der Waals surface area contributed by atoms with E-state index in [9.17, 15) is 14.7 Å². The molecule has 1 atom stereocenters. The van der Waals surface area contributed by atoms with Crippen LogP contribution >= 0.6 is 0 Å². The van der Waals surface area contributed by atoms with Gasteiger partial charge >= 0.3 is 12.1 Å². The van der Waals surface area contributed by atoms with Crippen LogP contribution in [0.2, 0.25) is 0 Å². The van der Waals surface area contributed by atoms with E-state index in [1.807, 2.05) is 60.7 Å². The highest BCUT2D eigenvalue weighted by Gasteiger charge is 2.29. The van der Waals surface area contributed by atoms with Crippen molar-refractivity contribution in [2.24, 2.45) is 0 Å². The van der Waals surface area contributed by atoms with Crippen LogP contribution in [0.3, 0.4) is 0 Å². The fourth-order valence-electron chi connectivity index (χ4n) is 4.99. The van der Waals surface area contributed by atoms with Gasteiger partial charge in [0.1, 0.15) is 18.4 Å². The number of carboxylic acids is 1. The highest BCUT2D eigenvalue weighted by atomic mass is 16.5. The molecule has 0 radical (unpaired) electrons. The highest BCUT2D eigenvalue weighted by molar-refractivity contribution is 5.81. The Hall–Kier alpha value is -3.84. The average molecular weight is 532 g/mol. The van der Waals surface area contributed by atoms with Crippen molar-refractivity contribution in [3.63, 3.8) is 0 Å². The first kappa shape index (κ1) is 28.2. The topological polar surface area (TPSA) is 84.9 Å². The van der Waals surface area contributed by atoms with Gasteiger partial charge < -0.3 is 24.4 Å². The van der Waals surface area contributed by atoms with Crippen LogP contribution in [0.15, 0.2) is 72.8 Å². The Labute approximate surface area is 231 Å². The second kappa shape index (κ2) is 12.8. The summed E-state index contributed by atoms with van der Waals surface area (Å²) in [7, 11) is 6.58. The fourth-order valence-corrected chi connectivity index (χ4v) is 4.99. The number of carbonyl (C=O) groups excluding carboxylic acids is 1. The SMILES string of the molecule is C[N+](C)(C)CCCCCOc1ccc(CC(NC(=O)OCC2c3ccccc3-c3ccccc32)C(=O)O)cc1. The lowest BCUT2D eigenvalue weighted by atomic mass is 9.98. The van der Waals surface area contributed by atoms with E-state index >= 15 is 0 Å². The normalized spacial score (nSPS) is 13.3. The number of amides is 1. The molecule has 0 saturated heterocycles. The molecule has 39 heavy (non-hydrogen) atoms. The summed E-state index contributed by atoms with van der Waals surface area (Å²) in [6, 6.07) is 22.4. The van der Waals surface area contributed by atoms with Crippen molar-refractivity contribution in [3.05, 3.63) is 89.5 Å². The molecule has 1 unspecified atom stereocenters. The van der Waals surface area contributed by atoms with Gasteiger partial charge in [0.2, 0.25) is 0 Å². The van der Waals surface area contributed by atoms with E-state index in [-0.39, 0.29) is 18.9 Å². The zero-order valence-corrected chi connectivity index (χ0v) is 23.1. The van der Waals surface area contributed by atoms with Crippen LogP contribution in [0.25, 0.3) is 11.1 Å². The maximum atomic E-state index is 12.6. The summed E-state index contributed by atoms with van der Waals surface area (Å²) >= 11 is 0. The average Bonchev–Trinajstić information content (AvgIpc) is 3.23. The van der Waals surface area contributed by atoms with Gasteiger partial charge in [-0.05, 0) is 59.2 Å². The number of rotatable bonds is 13. The molecule has 7 heteroatoms. The fraction of sp³-hybridized carbons (Fsp3) is 0.375. The Balaban J connectivity index is 1.25. The molecule has 4 rings (SSSR count). The number of alkyl carbamates (subject to hydrolysis) is 1. The van der Waals surface area contributed by atoms with E-state index in [0.29, 0.717) is 6.61 Å². The van der Waals surface area contributed by atoms with E-state index in [1.54, 1.807) is 0 Å².